The fourth-order valence-electron chi connectivity index (χ4n) is 4.31. The van der Waals surface area contributed by atoms with Gasteiger partial charge in [0, 0.05) is 31.6 Å². The summed E-state index contributed by atoms with van der Waals surface area (Å²) in [6.07, 6.45) is 8.12. The molecule has 1 saturated carbocycles. The van der Waals surface area contributed by atoms with Gasteiger partial charge in [0.1, 0.15) is 11.6 Å². The number of amides is 1. The van der Waals surface area contributed by atoms with Crippen molar-refractivity contribution in [2.45, 2.75) is 44.4 Å². The first-order valence-corrected chi connectivity index (χ1v) is 11.1. The summed E-state index contributed by atoms with van der Waals surface area (Å²) in [5, 5.41) is 6.33. The maximum Gasteiger partial charge on any atom is 0.253 e. The number of carbonyl (C=O) groups excluding carboxylic acids is 1. The Morgan fingerprint density at radius 2 is 1.93 bits per heavy atom. The molecule has 1 aliphatic heterocycles. The maximum atomic E-state index is 13.4. The van der Waals surface area contributed by atoms with E-state index in [-0.39, 0.29) is 10.9 Å². The van der Waals surface area contributed by atoms with Crippen molar-refractivity contribution in [3.63, 3.8) is 0 Å². The molecule has 2 fully saturated rings. The van der Waals surface area contributed by atoms with E-state index in [1.54, 1.807) is 12.3 Å². The number of nitrogens with one attached hydrogen (secondary N) is 2. The number of nitrogens with zero attached hydrogens (tertiary/aromatic N) is 1. The van der Waals surface area contributed by atoms with Crippen molar-refractivity contribution in [3.05, 3.63) is 52.4 Å². The van der Waals surface area contributed by atoms with Crippen LogP contribution in [0.2, 0.25) is 5.02 Å². The monoisotopic (exact) mass is 431 g/mol. The summed E-state index contributed by atoms with van der Waals surface area (Å²) in [4.78, 5) is 17.4. The number of anilines is 2. The number of rotatable bonds is 6. The number of pyridine rings is 1. The molecule has 30 heavy (non-hydrogen) atoms. The van der Waals surface area contributed by atoms with Crippen molar-refractivity contribution in [1.82, 2.24) is 10.3 Å². The zero-order valence-electron chi connectivity index (χ0n) is 16.9. The van der Waals surface area contributed by atoms with Crippen molar-refractivity contribution < 1.29 is 13.9 Å². The molecule has 0 atom stereocenters. The number of hydrogen-bond acceptors (Lipinski definition) is 4. The first-order valence-electron chi connectivity index (χ1n) is 10.7. The fraction of sp³-hybridized carbons (Fsp3) is 0.478. The van der Waals surface area contributed by atoms with Crippen LogP contribution < -0.4 is 10.6 Å². The van der Waals surface area contributed by atoms with E-state index < -0.39 is 5.82 Å². The van der Waals surface area contributed by atoms with Crippen molar-refractivity contribution in [2.24, 2.45) is 5.92 Å². The van der Waals surface area contributed by atoms with Crippen LogP contribution in [0.4, 0.5) is 15.9 Å². The molecule has 160 valence electrons. The van der Waals surface area contributed by atoms with E-state index in [4.69, 9.17) is 16.3 Å². The molecular formula is C23H27ClFN3O2. The lowest BCUT2D eigenvalue weighted by atomic mass is 9.93. The number of ether oxygens (including phenoxy) is 1. The molecule has 0 bridgehead atoms. The molecule has 2 heterocycles. The molecule has 7 heteroatoms. The van der Waals surface area contributed by atoms with Gasteiger partial charge >= 0.3 is 0 Å². The number of benzene rings is 1. The van der Waals surface area contributed by atoms with Gasteiger partial charge in [0.05, 0.1) is 10.6 Å². The second-order valence-electron chi connectivity index (χ2n) is 8.16. The smallest absolute Gasteiger partial charge is 0.253 e. The van der Waals surface area contributed by atoms with Crippen LogP contribution in [0.25, 0.3) is 0 Å². The highest BCUT2D eigenvalue weighted by molar-refractivity contribution is 6.31. The second-order valence-corrected chi connectivity index (χ2v) is 8.57. The Kier molecular flexibility index (Phi) is 6.85. The molecule has 4 rings (SSSR count). The molecule has 0 radical (unpaired) electrons. The van der Waals surface area contributed by atoms with Crippen LogP contribution >= 0.6 is 11.6 Å². The van der Waals surface area contributed by atoms with E-state index in [1.807, 2.05) is 6.07 Å². The average molecular weight is 432 g/mol. The van der Waals surface area contributed by atoms with Gasteiger partial charge in [-0.1, -0.05) is 24.4 Å². The minimum absolute atomic E-state index is 0.0557. The van der Waals surface area contributed by atoms with Crippen LogP contribution in [0, 0.1) is 11.7 Å². The zero-order valence-corrected chi connectivity index (χ0v) is 17.7. The summed E-state index contributed by atoms with van der Waals surface area (Å²) in [5.74, 6) is 0.926. The third kappa shape index (κ3) is 5.10. The van der Waals surface area contributed by atoms with Gasteiger partial charge in [0.2, 0.25) is 0 Å². The third-order valence-corrected chi connectivity index (χ3v) is 6.35. The van der Waals surface area contributed by atoms with Crippen molar-refractivity contribution in [3.8, 4) is 0 Å². The first-order chi connectivity index (χ1) is 14.6. The second kappa shape index (κ2) is 9.75. The van der Waals surface area contributed by atoms with Gasteiger partial charge in [-0.15, -0.1) is 0 Å². The lowest BCUT2D eigenvalue weighted by Gasteiger charge is -2.23. The zero-order chi connectivity index (χ0) is 20.9. The predicted molar refractivity (Wildman–Crippen MR) is 116 cm³/mol. The molecule has 1 aliphatic carbocycles. The van der Waals surface area contributed by atoms with E-state index in [1.165, 1.54) is 25.0 Å². The molecular weight excluding hydrogens is 405 g/mol. The maximum absolute atomic E-state index is 13.4. The summed E-state index contributed by atoms with van der Waals surface area (Å²) < 4.78 is 18.8. The van der Waals surface area contributed by atoms with Crippen LogP contribution in [-0.2, 0) is 4.74 Å². The minimum Gasteiger partial charge on any atom is -0.381 e. The Hall–Kier alpha value is -2.18. The van der Waals surface area contributed by atoms with Crippen molar-refractivity contribution >= 4 is 29.0 Å². The summed E-state index contributed by atoms with van der Waals surface area (Å²) in [6, 6.07) is 6.42. The van der Waals surface area contributed by atoms with Gasteiger partial charge in [-0.2, -0.15) is 0 Å². The normalized spacial score (nSPS) is 17.8. The molecule has 1 amide bonds. The number of carbonyl (C=O) groups is 1. The lowest BCUT2D eigenvalue weighted by molar-refractivity contribution is 0.0642. The summed E-state index contributed by atoms with van der Waals surface area (Å²) in [6.45, 7) is 2.20. The lowest BCUT2D eigenvalue weighted by Crippen LogP contribution is -2.33. The highest BCUT2D eigenvalue weighted by Crippen LogP contribution is 2.37. The summed E-state index contributed by atoms with van der Waals surface area (Å²) >= 11 is 5.88. The minimum atomic E-state index is -0.460. The van der Waals surface area contributed by atoms with Crippen LogP contribution in [0.5, 0.6) is 0 Å². The SMILES string of the molecule is O=C(NCC1CCOCC1)c1cnc(Nc2ccc(F)c(Cl)c2)cc1C1CCCC1. The highest BCUT2D eigenvalue weighted by atomic mass is 35.5. The molecule has 1 saturated heterocycles. The average Bonchev–Trinajstić information content (AvgIpc) is 3.30. The summed E-state index contributed by atoms with van der Waals surface area (Å²) in [5.41, 5.74) is 2.34. The Labute approximate surface area is 181 Å². The molecule has 2 aromatic rings. The third-order valence-electron chi connectivity index (χ3n) is 6.06. The highest BCUT2D eigenvalue weighted by Gasteiger charge is 2.24. The Morgan fingerprint density at radius 1 is 1.17 bits per heavy atom. The van der Waals surface area contributed by atoms with Crippen molar-refractivity contribution in [1.29, 1.82) is 0 Å². The van der Waals surface area contributed by atoms with E-state index in [9.17, 15) is 9.18 Å². The van der Waals surface area contributed by atoms with E-state index >= 15 is 0 Å². The van der Waals surface area contributed by atoms with Crippen LogP contribution in [0.1, 0.15) is 60.4 Å². The molecule has 5 nitrogen and oxygen atoms in total. The molecule has 0 unspecified atom stereocenters. The number of hydrogen-bond donors (Lipinski definition) is 2. The van der Waals surface area contributed by atoms with Crippen LogP contribution in [0.15, 0.2) is 30.5 Å². The Bertz CT molecular complexity index is 896. The standard InChI is InChI=1S/C23H27ClFN3O2/c24-20-11-17(5-6-21(20)25)28-22-12-18(16-3-1-2-4-16)19(14-26-22)23(29)27-13-15-7-9-30-10-8-15/h5-6,11-12,14-16H,1-4,7-10,13H2,(H,26,28)(H,27,29). The van der Waals surface area contributed by atoms with Gasteiger partial charge < -0.3 is 15.4 Å². The van der Waals surface area contributed by atoms with E-state index in [0.29, 0.717) is 35.4 Å². The molecule has 2 aliphatic rings. The van der Waals surface area contributed by atoms with Crippen molar-refractivity contribution in [2.75, 3.05) is 25.1 Å². The van der Waals surface area contributed by atoms with E-state index in [2.05, 4.69) is 15.6 Å². The van der Waals surface area contributed by atoms with Crippen LogP contribution in [0.3, 0.4) is 0 Å². The van der Waals surface area contributed by atoms with Gasteiger partial charge in [0.15, 0.2) is 0 Å². The van der Waals surface area contributed by atoms with Gasteiger partial charge in [-0.25, -0.2) is 9.37 Å². The number of halogens is 2. The molecule has 1 aromatic heterocycles. The van der Waals surface area contributed by atoms with E-state index in [0.717, 1.165) is 44.5 Å². The van der Waals surface area contributed by atoms with Gasteiger partial charge in [-0.05, 0) is 67.3 Å². The quantitative estimate of drug-likeness (QED) is 0.640. The molecule has 0 spiro atoms. The summed E-state index contributed by atoms with van der Waals surface area (Å²) in [7, 11) is 0. The molecule has 1 aromatic carbocycles. The predicted octanol–water partition coefficient (Wildman–Crippen LogP) is 5.43. The topological polar surface area (TPSA) is 63.2 Å². The molecule has 2 N–H and O–H groups in total. The Morgan fingerprint density at radius 3 is 2.67 bits per heavy atom. The Balaban J connectivity index is 1.52. The van der Waals surface area contributed by atoms with Gasteiger partial charge in [-0.3, -0.25) is 4.79 Å². The van der Waals surface area contributed by atoms with Crippen LogP contribution in [-0.4, -0.2) is 30.6 Å². The number of aromatic nitrogens is 1. The van der Waals surface area contributed by atoms with Gasteiger partial charge in [0.25, 0.3) is 5.91 Å². The largest absolute Gasteiger partial charge is 0.381 e. The first kappa shape index (κ1) is 21.1. The fourth-order valence-corrected chi connectivity index (χ4v) is 4.49.